The molecule has 0 saturated carbocycles. The van der Waals surface area contributed by atoms with Gasteiger partial charge in [0, 0.05) is 6.54 Å². The van der Waals surface area contributed by atoms with Crippen LogP contribution in [-0.2, 0) is 13.2 Å². The molecule has 0 aliphatic carbocycles. The Hall–Kier alpha value is -1.77. The van der Waals surface area contributed by atoms with E-state index in [0.29, 0.717) is 6.61 Å². The predicted octanol–water partition coefficient (Wildman–Crippen LogP) is 2.48. The zero-order valence-electron chi connectivity index (χ0n) is 8.76. The van der Waals surface area contributed by atoms with E-state index in [1.807, 2.05) is 48.1 Å². The molecule has 15 heavy (non-hydrogen) atoms. The van der Waals surface area contributed by atoms with Gasteiger partial charge in [-0.05, 0) is 12.5 Å². The fourth-order valence-corrected chi connectivity index (χ4v) is 1.33. The molecule has 0 radical (unpaired) electrons. The molecule has 1 aromatic carbocycles. The average molecular weight is 202 g/mol. The summed E-state index contributed by atoms with van der Waals surface area (Å²) in [5.74, 6) is 0.820. The van der Waals surface area contributed by atoms with Crippen LogP contribution in [0.2, 0.25) is 0 Å². The fourth-order valence-electron chi connectivity index (χ4n) is 1.33. The maximum atomic E-state index is 5.59. The van der Waals surface area contributed by atoms with Crippen molar-refractivity contribution in [1.82, 2.24) is 9.78 Å². The highest BCUT2D eigenvalue weighted by Crippen LogP contribution is 2.10. The van der Waals surface area contributed by atoms with Gasteiger partial charge in [0.15, 0.2) is 5.75 Å². The van der Waals surface area contributed by atoms with Crippen molar-refractivity contribution in [2.24, 2.45) is 0 Å². The number of nitrogens with zero attached hydrogens (tertiary/aromatic N) is 2. The van der Waals surface area contributed by atoms with Gasteiger partial charge in [-0.25, -0.2) is 0 Å². The lowest BCUT2D eigenvalue weighted by atomic mass is 10.2. The van der Waals surface area contributed by atoms with Gasteiger partial charge >= 0.3 is 0 Å². The van der Waals surface area contributed by atoms with Crippen LogP contribution in [0, 0.1) is 0 Å². The van der Waals surface area contributed by atoms with Crippen molar-refractivity contribution in [2.45, 2.75) is 20.1 Å². The van der Waals surface area contributed by atoms with E-state index in [1.54, 1.807) is 6.20 Å². The quantitative estimate of drug-likeness (QED) is 0.761. The molecule has 78 valence electrons. The lowest BCUT2D eigenvalue weighted by Crippen LogP contribution is -1.94. The molecule has 0 unspecified atom stereocenters. The summed E-state index contributed by atoms with van der Waals surface area (Å²) in [5.41, 5.74) is 1.17. The van der Waals surface area contributed by atoms with E-state index in [1.165, 1.54) is 5.56 Å². The van der Waals surface area contributed by atoms with Crippen molar-refractivity contribution < 1.29 is 4.74 Å². The van der Waals surface area contributed by atoms with Crippen molar-refractivity contribution in [3.8, 4) is 5.75 Å². The Morgan fingerprint density at radius 3 is 2.73 bits per heavy atom. The number of ether oxygens (including phenoxy) is 1. The van der Waals surface area contributed by atoms with Crippen molar-refractivity contribution in [3.63, 3.8) is 0 Å². The van der Waals surface area contributed by atoms with E-state index in [-0.39, 0.29) is 0 Å². The van der Waals surface area contributed by atoms with E-state index in [9.17, 15) is 0 Å². The second-order valence-corrected chi connectivity index (χ2v) is 3.31. The highest BCUT2D eigenvalue weighted by molar-refractivity contribution is 5.16. The molecule has 1 aromatic heterocycles. The summed E-state index contributed by atoms with van der Waals surface area (Å²) in [5, 5.41) is 4.14. The fraction of sp³-hybridized carbons (Fsp3) is 0.250. The molecule has 3 nitrogen and oxygen atoms in total. The van der Waals surface area contributed by atoms with Gasteiger partial charge in [0.1, 0.15) is 6.61 Å². The van der Waals surface area contributed by atoms with Gasteiger partial charge in [-0.15, -0.1) is 0 Å². The number of hydrogen-bond acceptors (Lipinski definition) is 2. The normalized spacial score (nSPS) is 10.2. The number of aryl methyl sites for hydroxylation is 1. The van der Waals surface area contributed by atoms with Crippen LogP contribution in [0.5, 0.6) is 5.75 Å². The zero-order valence-corrected chi connectivity index (χ0v) is 8.76. The second-order valence-electron chi connectivity index (χ2n) is 3.31. The smallest absolute Gasteiger partial charge is 0.157 e. The molecule has 0 atom stereocenters. The van der Waals surface area contributed by atoms with Crippen molar-refractivity contribution in [1.29, 1.82) is 0 Å². The molecular formula is C12H14N2O. The summed E-state index contributed by atoms with van der Waals surface area (Å²) in [4.78, 5) is 0. The molecule has 0 saturated heterocycles. The van der Waals surface area contributed by atoms with Crippen LogP contribution >= 0.6 is 0 Å². The van der Waals surface area contributed by atoms with Gasteiger partial charge in [0.05, 0.1) is 12.4 Å². The van der Waals surface area contributed by atoms with Gasteiger partial charge in [0.25, 0.3) is 0 Å². The van der Waals surface area contributed by atoms with Crippen LogP contribution in [0.1, 0.15) is 12.5 Å². The molecule has 0 N–H and O–H groups in total. The van der Waals surface area contributed by atoms with Gasteiger partial charge in [0.2, 0.25) is 0 Å². The van der Waals surface area contributed by atoms with Crippen molar-refractivity contribution in [2.75, 3.05) is 0 Å². The SMILES string of the molecule is CCn1cc(OCc2ccccc2)cn1. The summed E-state index contributed by atoms with van der Waals surface area (Å²) in [6.45, 7) is 3.51. The topological polar surface area (TPSA) is 27.1 Å². The Labute approximate surface area is 89.3 Å². The summed E-state index contributed by atoms with van der Waals surface area (Å²) in [6, 6.07) is 10.1. The van der Waals surface area contributed by atoms with Gasteiger partial charge in [-0.3, -0.25) is 4.68 Å². The molecule has 0 fully saturated rings. The first kappa shape index (κ1) is 9.77. The predicted molar refractivity (Wildman–Crippen MR) is 58.7 cm³/mol. The van der Waals surface area contributed by atoms with Crippen molar-refractivity contribution >= 4 is 0 Å². The van der Waals surface area contributed by atoms with E-state index in [4.69, 9.17) is 4.74 Å². The number of rotatable bonds is 4. The van der Waals surface area contributed by atoms with Gasteiger partial charge < -0.3 is 4.74 Å². The molecular weight excluding hydrogens is 188 g/mol. The molecule has 0 spiro atoms. The highest BCUT2D eigenvalue weighted by Gasteiger charge is 1.98. The monoisotopic (exact) mass is 202 g/mol. The van der Waals surface area contributed by atoms with Crippen LogP contribution in [0.25, 0.3) is 0 Å². The summed E-state index contributed by atoms with van der Waals surface area (Å²) >= 11 is 0. The Bertz CT molecular complexity index is 409. The standard InChI is InChI=1S/C12H14N2O/c1-2-14-9-12(8-13-14)15-10-11-6-4-3-5-7-11/h3-9H,2,10H2,1H3. The molecule has 2 rings (SSSR count). The average Bonchev–Trinajstić information content (AvgIpc) is 2.76. The number of benzene rings is 1. The highest BCUT2D eigenvalue weighted by atomic mass is 16.5. The first-order valence-corrected chi connectivity index (χ1v) is 5.07. The maximum Gasteiger partial charge on any atom is 0.157 e. The third-order valence-corrected chi connectivity index (χ3v) is 2.18. The Morgan fingerprint density at radius 1 is 1.27 bits per heavy atom. The Balaban J connectivity index is 1.93. The largest absolute Gasteiger partial charge is 0.486 e. The van der Waals surface area contributed by atoms with Crippen molar-refractivity contribution in [3.05, 3.63) is 48.3 Å². The molecule has 2 aromatic rings. The minimum atomic E-state index is 0.593. The van der Waals surface area contributed by atoms with E-state index >= 15 is 0 Å². The van der Waals surface area contributed by atoms with Crippen LogP contribution in [0.3, 0.4) is 0 Å². The van der Waals surface area contributed by atoms with E-state index < -0.39 is 0 Å². The maximum absolute atomic E-state index is 5.59. The van der Waals surface area contributed by atoms with Gasteiger partial charge in [-0.1, -0.05) is 30.3 Å². The first-order chi connectivity index (χ1) is 7.38. The minimum absolute atomic E-state index is 0.593. The molecule has 0 amide bonds. The molecule has 0 aliphatic rings. The molecule has 3 heteroatoms. The summed E-state index contributed by atoms with van der Waals surface area (Å²) in [6.07, 6.45) is 3.65. The van der Waals surface area contributed by atoms with E-state index in [2.05, 4.69) is 5.10 Å². The van der Waals surface area contributed by atoms with Crippen LogP contribution in [0.4, 0.5) is 0 Å². The van der Waals surface area contributed by atoms with Crippen LogP contribution < -0.4 is 4.74 Å². The summed E-state index contributed by atoms with van der Waals surface area (Å²) in [7, 11) is 0. The zero-order chi connectivity index (χ0) is 10.5. The lowest BCUT2D eigenvalue weighted by molar-refractivity contribution is 0.306. The van der Waals surface area contributed by atoms with Crippen LogP contribution in [-0.4, -0.2) is 9.78 Å². The van der Waals surface area contributed by atoms with Crippen LogP contribution in [0.15, 0.2) is 42.7 Å². The number of hydrogen-bond donors (Lipinski definition) is 0. The molecule has 0 bridgehead atoms. The minimum Gasteiger partial charge on any atom is -0.486 e. The summed E-state index contributed by atoms with van der Waals surface area (Å²) < 4.78 is 7.44. The lowest BCUT2D eigenvalue weighted by Gasteiger charge is -2.02. The third-order valence-electron chi connectivity index (χ3n) is 2.18. The first-order valence-electron chi connectivity index (χ1n) is 5.07. The van der Waals surface area contributed by atoms with Gasteiger partial charge in [-0.2, -0.15) is 5.10 Å². The second kappa shape index (κ2) is 4.64. The Kier molecular flexibility index (Phi) is 3.02. The molecule has 1 heterocycles. The third kappa shape index (κ3) is 2.59. The molecule has 0 aliphatic heterocycles. The number of aromatic nitrogens is 2. The van der Waals surface area contributed by atoms with E-state index in [0.717, 1.165) is 12.3 Å². The Morgan fingerprint density at radius 2 is 2.07 bits per heavy atom.